The lowest BCUT2D eigenvalue weighted by molar-refractivity contribution is -0.576. The highest BCUT2D eigenvalue weighted by Crippen LogP contribution is 2.44. The van der Waals surface area contributed by atoms with Gasteiger partial charge < -0.3 is 14.7 Å². The molecule has 186 valence electrons. The minimum absolute atomic E-state index is 0.000669. The highest BCUT2D eigenvalue weighted by Gasteiger charge is 2.42. The molecule has 1 aliphatic heterocycles. The molecule has 0 saturated carbocycles. The smallest absolute Gasteiger partial charge is 0.417 e. The third kappa shape index (κ3) is 4.62. The summed E-state index contributed by atoms with van der Waals surface area (Å²) in [4.78, 5) is 43.0. The van der Waals surface area contributed by atoms with Crippen molar-refractivity contribution in [2.75, 3.05) is 11.4 Å². The summed E-state index contributed by atoms with van der Waals surface area (Å²) in [5.74, 6) is -0.562. The number of rotatable bonds is 0. The van der Waals surface area contributed by atoms with Crippen molar-refractivity contribution in [3.05, 3.63) is 40.5 Å². The number of amides is 3. The van der Waals surface area contributed by atoms with E-state index in [0.717, 1.165) is 21.0 Å². The zero-order valence-electron chi connectivity index (χ0n) is 20.9. The van der Waals surface area contributed by atoms with Crippen LogP contribution >= 0.6 is 11.3 Å². The van der Waals surface area contributed by atoms with Crippen molar-refractivity contribution in [2.24, 2.45) is 0 Å². The maximum absolute atomic E-state index is 13.8. The Bertz CT molecular complexity index is 1350. The van der Waals surface area contributed by atoms with E-state index in [4.69, 9.17) is 9.47 Å². The minimum atomic E-state index is -0.810. The second-order valence-corrected chi connectivity index (χ2v) is 11.6. The first-order chi connectivity index (χ1) is 16.2. The lowest BCUT2D eigenvalue weighted by Crippen LogP contribution is -2.49. The van der Waals surface area contributed by atoms with Crippen LogP contribution in [0.2, 0.25) is 0 Å². The molecule has 4 rings (SSSR count). The lowest BCUT2D eigenvalue weighted by Gasteiger charge is -2.31. The van der Waals surface area contributed by atoms with E-state index in [1.54, 1.807) is 72.7 Å². The van der Waals surface area contributed by atoms with Gasteiger partial charge in [0, 0.05) is 22.2 Å². The monoisotopic (exact) mass is 499 g/mol. The van der Waals surface area contributed by atoms with Gasteiger partial charge in [0.15, 0.2) is 6.20 Å². The Kier molecular flexibility index (Phi) is 5.91. The minimum Gasteiger partial charge on any atom is -0.618 e. The van der Waals surface area contributed by atoms with E-state index in [-0.39, 0.29) is 11.4 Å². The number of thiophene rings is 1. The Morgan fingerprint density at radius 1 is 1.06 bits per heavy atom. The van der Waals surface area contributed by atoms with E-state index >= 15 is 0 Å². The first-order valence-corrected chi connectivity index (χ1v) is 12.1. The second kappa shape index (κ2) is 8.37. The number of anilines is 1. The maximum atomic E-state index is 13.8. The van der Waals surface area contributed by atoms with Crippen molar-refractivity contribution in [2.45, 2.75) is 65.7 Å². The van der Waals surface area contributed by atoms with Crippen molar-refractivity contribution in [1.29, 1.82) is 0 Å². The van der Waals surface area contributed by atoms with E-state index < -0.39 is 35.3 Å². The molecule has 10 heteroatoms. The van der Waals surface area contributed by atoms with Gasteiger partial charge >= 0.3 is 12.2 Å². The summed E-state index contributed by atoms with van der Waals surface area (Å²) in [6.45, 7) is 12.1. The van der Waals surface area contributed by atoms with Crippen LogP contribution in [0, 0.1) is 5.21 Å². The van der Waals surface area contributed by atoms with Gasteiger partial charge in [-0.25, -0.2) is 14.5 Å². The fourth-order valence-corrected chi connectivity index (χ4v) is 5.21. The van der Waals surface area contributed by atoms with Gasteiger partial charge in [0.25, 0.3) is 5.91 Å². The molecule has 0 aliphatic carbocycles. The number of ether oxygens (including phenoxy) is 2. The van der Waals surface area contributed by atoms with Crippen molar-refractivity contribution in [3.8, 4) is 0 Å². The molecule has 1 aromatic carbocycles. The van der Waals surface area contributed by atoms with E-state index in [1.807, 2.05) is 0 Å². The third-order valence-electron chi connectivity index (χ3n) is 5.34. The Balaban J connectivity index is 1.98. The molecule has 0 radical (unpaired) electrons. The molecule has 0 spiro atoms. The SMILES string of the molecule is CC1CN(C(=O)OC(C)(C)C)c2c(sc3ccc4c(ccc[n+]4[O-])c23)C(=O)N1C(=O)OC(C)(C)C. The number of benzene rings is 1. The summed E-state index contributed by atoms with van der Waals surface area (Å²) in [6, 6.07) is 6.12. The van der Waals surface area contributed by atoms with Crippen molar-refractivity contribution < 1.29 is 28.6 Å². The zero-order valence-corrected chi connectivity index (χ0v) is 21.7. The highest BCUT2D eigenvalue weighted by atomic mass is 32.1. The largest absolute Gasteiger partial charge is 0.618 e. The predicted molar refractivity (Wildman–Crippen MR) is 134 cm³/mol. The van der Waals surface area contributed by atoms with Crippen LogP contribution < -0.4 is 9.63 Å². The molecular weight excluding hydrogens is 470 g/mol. The Morgan fingerprint density at radius 2 is 1.69 bits per heavy atom. The topological polar surface area (TPSA) is 103 Å². The summed E-state index contributed by atoms with van der Waals surface area (Å²) in [5.41, 5.74) is -0.861. The standard InChI is InChI=1S/C25H29N3O6S/c1-14-13-26(22(30)33-24(2,3)4)19-18-15-9-8-12-27(32)16(15)10-11-17(18)35-20(19)21(29)28(14)23(31)34-25(5,6)7/h8-12,14H,13H2,1-7H3. The van der Waals surface area contributed by atoms with Crippen LogP contribution in [0.1, 0.15) is 58.1 Å². The molecule has 1 unspecified atom stereocenters. The van der Waals surface area contributed by atoms with Crippen LogP contribution in [0.4, 0.5) is 15.3 Å². The molecule has 1 aliphatic rings. The number of aromatic nitrogens is 1. The highest BCUT2D eigenvalue weighted by molar-refractivity contribution is 7.21. The number of hydrogen-bond donors (Lipinski definition) is 0. The molecule has 9 nitrogen and oxygen atoms in total. The summed E-state index contributed by atoms with van der Waals surface area (Å²) in [6.07, 6.45) is -0.0405. The third-order valence-corrected chi connectivity index (χ3v) is 6.48. The molecule has 0 N–H and O–H groups in total. The molecule has 3 amide bonds. The molecular formula is C25H29N3O6S. The van der Waals surface area contributed by atoms with Gasteiger partial charge in [0.05, 0.1) is 23.7 Å². The van der Waals surface area contributed by atoms with Gasteiger partial charge in [-0.1, -0.05) is 0 Å². The van der Waals surface area contributed by atoms with Gasteiger partial charge in [0.2, 0.25) is 5.52 Å². The van der Waals surface area contributed by atoms with Crippen LogP contribution in [0.3, 0.4) is 0 Å². The summed E-state index contributed by atoms with van der Waals surface area (Å²) >= 11 is 1.16. The van der Waals surface area contributed by atoms with Crippen LogP contribution in [0.25, 0.3) is 21.0 Å². The molecule has 3 heterocycles. The molecule has 1 atom stereocenters. The molecule has 0 bridgehead atoms. The fraction of sp³-hybridized carbons (Fsp3) is 0.440. The van der Waals surface area contributed by atoms with Gasteiger partial charge in [-0.2, -0.15) is 4.73 Å². The molecule has 35 heavy (non-hydrogen) atoms. The van der Waals surface area contributed by atoms with Gasteiger partial charge in [-0.3, -0.25) is 9.69 Å². The van der Waals surface area contributed by atoms with Crippen molar-refractivity contribution >= 4 is 56.1 Å². The van der Waals surface area contributed by atoms with E-state index in [2.05, 4.69) is 0 Å². The number of carbonyl (C=O) groups excluding carboxylic acids is 3. The number of carbonyl (C=O) groups is 3. The van der Waals surface area contributed by atoms with E-state index in [0.29, 0.717) is 26.7 Å². The molecule has 0 saturated heterocycles. The van der Waals surface area contributed by atoms with Gasteiger partial charge in [-0.05, 0) is 60.6 Å². The molecule has 0 fully saturated rings. The number of pyridine rings is 1. The van der Waals surface area contributed by atoms with Crippen LogP contribution in [0.15, 0.2) is 30.5 Å². The quantitative estimate of drug-likeness (QED) is 0.311. The summed E-state index contributed by atoms with van der Waals surface area (Å²) in [5, 5.41) is 13.6. The lowest BCUT2D eigenvalue weighted by atomic mass is 10.1. The molecule has 3 aromatic rings. The Morgan fingerprint density at radius 3 is 2.31 bits per heavy atom. The number of hydrogen-bond acceptors (Lipinski definition) is 7. The van der Waals surface area contributed by atoms with Crippen LogP contribution in [0.5, 0.6) is 0 Å². The number of fused-ring (bicyclic) bond motifs is 5. The van der Waals surface area contributed by atoms with Gasteiger partial charge in [0.1, 0.15) is 16.1 Å². The number of nitrogens with zero attached hydrogens (tertiary/aromatic N) is 3. The Hall–Kier alpha value is -3.40. The Labute approximate surface area is 207 Å². The average Bonchev–Trinajstić information content (AvgIpc) is 3.04. The second-order valence-electron chi connectivity index (χ2n) is 10.6. The van der Waals surface area contributed by atoms with Gasteiger partial charge in [-0.15, -0.1) is 11.3 Å². The van der Waals surface area contributed by atoms with Crippen LogP contribution in [-0.2, 0) is 9.47 Å². The maximum Gasteiger partial charge on any atom is 0.417 e. The first kappa shape index (κ1) is 24.7. The van der Waals surface area contributed by atoms with Crippen molar-refractivity contribution in [1.82, 2.24) is 4.90 Å². The van der Waals surface area contributed by atoms with E-state index in [9.17, 15) is 19.6 Å². The molecule has 2 aromatic heterocycles. The summed E-state index contributed by atoms with van der Waals surface area (Å²) < 4.78 is 12.6. The van der Waals surface area contributed by atoms with Crippen molar-refractivity contribution in [3.63, 3.8) is 0 Å². The fourth-order valence-electron chi connectivity index (χ4n) is 4.05. The zero-order chi connectivity index (χ0) is 25.9. The van der Waals surface area contributed by atoms with E-state index in [1.165, 1.54) is 11.1 Å². The summed E-state index contributed by atoms with van der Waals surface area (Å²) in [7, 11) is 0. The average molecular weight is 500 g/mol. The predicted octanol–water partition coefficient (Wildman–Crippen LogP) is 5.21. The number of imide groups is 1. The first-order valence-electron chi connectivity index (χ1n) is 11.3. The van der Waals surface area contributed by atoms with Crippen LogP contribution in [-0.4, -0.2) is 46.8 Å². The normalized spacial score (nSPS) is 16.9.